The number of fused-ring (bicyclic) bond motifs is 1. The van der Waals surface area contributed by atoms with Crippen molar-refractivity contribution in [2.75, 3.05) is 11.9 Å². The van der Waals surface area contributed by atoms with Crippen molar-refractivity contribution in [2.24, 2.45) is 0 Å². The number of anilines is 1. The number of hydrogen-bond acceptors (Lipinski definition) is 4. The monoisotopic (exact) mass is 353 g/mol. The van der Waals surface area contributed by atoms with Gasteiger partial charge < -0.3 is 10.6 Å². The summed E-state index contributed by atoms with van der Waals surface area (Å²) in [5, 5.41) is 14.2. The number of rotatable bonds is 5. The molecule has 2 aliphatic rings. The van der Waals surface area contributed by atoms with Crippen LogP contribution in [-0.4, -0.2) is 33.4 Å². The Morgan fingerprint density at radius 2 is 2.23 bits per heavy atom. The van der Waals surface area contributed by atoms with E-state index in [1.165, 1.54) is 12.8 Å². The maximum Gasteiger partial charge on any atom is 0.251 e. The Bertz CT molecular complexity index is 840. The summed E-state index contributed by atoms with van der Waals surface area (Å²) < 4.78 is 1.82. The highest BCUT2D eigenvalue weighted by Gasteiger charge is 2.27. The van der Waals surface area contributed by atoms with Crippen LogP contribution in [0.5, 0.6) is 0 Å². The van der Waals surface area contributed by atoms with Gasteiger partial charge in [-0.2, -0.15) is 0 Å². The Hall–Kier alpha value is -2.70. The summed E-state index contributed by atoms with van der Waals surface area (Å²) in [4.78, 5) is 24.1. The molecule has 0 unspecified atom stereocenters. The minimum absolute atomic E-state index is 0.0353. The molecule has 136 valence electrons. The highest BCUT2D eigenvalue weighted by molar-refractivity contribution is 5.97. The first-order valence-electron chi connectivity index (χ1n) is 9.23. The molecule has 0 spiro atoms. The molecule has 0 radical (unpaired) electrons. The highest BCUT2D eigenvalue weighted by atomic mass is 16.2. The first kappa shape index (κ1) is 16.8. The van der Waals surface area contributed by atoms with Gasteiger partial charge in [0.2, 0.25) is 5.91 Å². The Kier molecular flexibility index (Phi) is 4.44. The molecule has 1 atom stereocenters. The van der Waals surface area contributed by atoms with Crippen molar-refractivity contribution in [2.45, 2.75) is 51.0 Å². The first-order chi connectivity index (χ1) is 12.6. The molecule has 1 aliphatic carbocycles. The SMILES string of the molecule is C[C@@H](CNC(=O)c1ccc2c(c1)CCCC(=O)N2)n1cc(C2CC2)nn1. The summed E-state index contributed by atoms with van der Waals surface area (Å²) >= 11 is 0. The van der Waals surface area contributed by atoms with E-state index in [2.05, 4.69) is 20.9 Å². The lowest BCUT2D eigenvalue weighted by atomic mass is 10.0. The zero-order valence-electron chi connectivity index (χ0n) is 14.9. The standard InChI is InChI=1S/C19H23N5O2/c1-12(24-11-17(22-23-24)13-5-6-13)10-20-19(26)15-7-8-16-14(9-15)3-2-4-18(25)21-16/h7-9,11-13H,2-6,10H2,1H3,(H,20,26)(H,21,25)/t12-/m0/s1. The third-order valence-electron chi connectivity index (χ3n) is 5.02. The van der Waals surface area contributed by atoms with Crippen LogP contribution in [0.2, 0.25) is 0 Å². The maximum atomic E-state index is 12.5. The van der Waals surface area contributed by atoms with Crippen LogP contribution in [0.15, 0.2) is 24.4 Å². The van der Waals surface area contributed by atoms with Gasteiger partial charge in [0.05, 0.1) is 11.7 Å². The third-order valence-corrected chi connectivity index (χ3v) is 5.02. The number of nitrogens with one attached hydrogen (secondary N) is 2. The third kappa shape index (κ3) is 3.61. The van der Waals surface area contributed by atoms with Crippen LogP contribution in [0.1, 0.15) is 66.2 Å². The van der Waals surface area contributed by atoms with Crippen LogP contribution in [0, 0.1) is 0 Å². The molecule has 1 aliphatic heterocycles. The predicted molar refractivity (Wildman–Crippen MR) is 97.1 cm³/mol. The van der Waals surface area contributed by atoms with E-state index in [1.807, 2.05) is 29.9 Å². The van der Waals surface area contributed by atoms with Crippen molar-refractivity contribution in [3.63, 3.8) is 0 Å². The Labute approximate surface area is 152 Å². The predicted octanol–water partition coefficient (Wildman–Crippen LogP) is 2.42. The van der Waals surface area contributed by atoms with E-state index in [1.54, 1.807) is 6.07 Å². The summed E-state index contributed by atoms with van der Waals surface area (Å²) in [5.74, 6) is 0.497. The smallest absolute Gasteiger partial charge is 0.251 e. The lowest BCUT2D eigenvalue weighted by Crippen LogP contribution is -2.30. The lowest BCUT2D eigenvalue weighted by Gasteiger charge is -2.13. The van der Waals surface area contributed by atoms with Crippen molar-refractivity contribution < 1.29 is 9.59 Å². The maximum absolute atomic E-state index is 12.5. The molecule has 7 heteroatoms. The van der Waals surface area contributed by atoms with Crippen molar-refractivity contribution in [1.29, 1.82) is 0 Å². The molecule has 1 saturated carbocycles. The lowest BCUT2D eigenvalue weighted by molar-refractivity contribution is -0.116. The van der Waals surface area contributed by atoms with E-state index in [0.29, 0.717) is 24.4 Å². The number of nitrogens with zero attached hydrogens (tertiary/aromatic N) is 3. The zero-order chi connectivity index (χ0) is 18.1. The van der Waals surface area contributed by atoms with Gasteiger partial charge in [0.1, 0.15) is 0 Å². The fraction of sp³-hybridized carbons (Fsp3) is 0.474. The van der Waals surface area contributed by atoms with E-state index >= 15 is 0 Å². The van der Waals surface area contributed by atoms with Crippen molar-refractivity contribution >= 4 is 17.5 Å². The molecule has 2 heterocycles. The average molecular weight is 353 g/mol. The largest absolute Gasteiger partial charge is 0.350 e. The van der Waals surface area contributed by atoms with Crippen LogP contribution in [0.3, 0.4) is 0 Å². The summed E-state index contributed by atoms with van der Waals surface area (Å²) in [6.45, 7) is 2.50. The molecular weight excluding hydrogens is 330 g/mol. The van der Waals surface area contributed by atoms with Crippen LogP contribution in [-0.2, 0) is 11.2 Å². The Balaban J connectivity index is 1.38. The topological polar surface area (TPSA) is 88.9 Å². The van der Waals surface area contributed by atoms with Gasteiger partial charge in [0.25, 0.3) is 5.91 Å². The van der Waals surface area contributed by atoms with Crippen LogP contribution < -0.4 is 10.6 Å². The van der Waals surface area contributed by atoms with Gasteiger partial charge in [-0.3, -0.25) is 9.59 Å². The molecular formula is C19H23N5O2. The minimum Gasteiger partial charge on any atom is -0.350 e. The van der Waals surface area contributed by atoms with Gasteiger partial charge >= 0.3 is 0 Å². The van der Waals surface area contributed by atoms with Crippen LogP contribution >= 0.6 is 0 Å². The molecule has 4 rings (SSSR count). The van der Waals surface area contributed by atoms with Gasteiger partial charge in [0, 0.05) is 36.3 Å². The molecule has 2 N–H and O–H groups in total. The van der Waals surface area contributed by atoms with Gasteiger partial charge in [-0.25, -0.2) is 4.68 Å². The van der Waals surface area contributed by atoms with E-state index < -0.39 is 0 Å². The summed E-state index contributed by atoms with van der Waals surface area (Å²) in [5.41, 5.74) is 3.50. The second-order valence-corrected chi connectivity index (χ2v) is 7.23. The second-order valence-electron chi connectivity index (χ2n) is 7.23. The molecule has 2 amide bonds. The number of hydrogen-bond donors (Lipinski definition) is 2. The molecule has 0 saturated heterocycles. The molecule has 1 aromatic carbocycles. The summed E-state index contributed by atoms with van der Waals surface area (Å²) in [6.07, 6.45) is 6.50. The van der Waals surface area contributed by atoms with Crippen molar-refractivity contribution in [1.82, 2.24) is 20.3 Å². The Morgan fingerprint density at radius 1 is 1.38 bits per heavy atom. The quantitative estimate of drug-likeness (QED) is 0.864. The molecule has 26 heavy (non-hydrogen) atoms. The molecule has 0 bridgehead atoms. The number of benzene rings is 1. The zero-order valence-corrected chi connectivity index (χ0v) is 14.9. The summed E-state index contributed by atoms with van der Waals surface area (Å²) in [7, 11) is 0. The fourth-order valence-corrected chi connectivity index (χ4v) is 3.22. The minimum atomic E-state index is -0.113. The van der Waals surface area contributed by atoms with Gasteiger partial charge in [-0.1, -0.05) is 5.21 Å². The number of carbonyl (C=O) groups is 2. The highest BCUT2D eigenvalue weighted by Crippen LogP contribution is 2.38. The van der Waals surface area contributed by atoms with E-state index in [4.69, 9.17) is 0 Å². The first-order valence-corrected chi connectivity index (χ1v) is 9.23. The van der Waals surface area contributed by atoms with Gasteiger partial charge in [0.15, 0.2) is 0 Å². The van der Waals surface area contributed by atoms with Crippen LogP contribution in [0.25, 0.3) is 0 Å². The normalized spacial score (nSPS) is 17.8. The molecule has 1 fully saturated rings. The number of aromatic nitrogens is 3. The van der Waals surface area contributed by atoms with E-state index in [0.717, 1.165) is 29.8 Å². The van der Waals surface area contributed by atoms with Crippen molar-refractivity contribution in [3.8, 4) is 0 Å². The van der Waals surface area contributed by atoms with Crippen molar-refractivity contribution in [3.05, 3.63) is 41.2 Å². The molecule has 1 aromatic heterocycles. The Morgan fingerprint density at radius 3 is 3.04 bits per heavy atom. The number of aryl methyl sites for hydroxylation is 1. The second kappa shape index (κ2) is 6.90. The van der Waals surface area contributed by atoms with Gasteiger partial charge in [-0.05, 0) is 56.4 Å². The summed E-state index contributed by atoms with van der Waals surface area (Å²) in [6, 6.07) is 5.49. The molecule has 7 nitrogen and oxygen atoms in total. The van der Waals surface area contributed by atoms with E-state index in [-0.39, 0.29) is 17.9 Å². The number of carbonyl (C=O) groups excluding carboxylic acids is 2. The average Bonchev–Trinajstić information content (AvgIpc) is 3.40. The van der Waals surface area contributed by atoms with Gasteiger partial charge in [-0.15, -0.1) is 5.10 Å². The fourth-order valence-electron chi connectivity index (χ4n) is 3.22. The number of amides is 2. The van der Waals surface area contributed by atoms with E-state index in [9.17, 15) is 9.59 Å². The molecule has 2 aromatic rings. The van der Waals surface area contributed by atoms with Crippen LogP contribution in [0.4, 0.5) is 5.69 Å².